The van der Waals surface area contributed by atoms with Gasteiger partial charge in [-0.15, -0.1) is 0 Å². The van der Waals surface area contributed by atoms with Crippen LogP contribution in [0, 0.1) is 12.7 Å². The number of carbonyl (C=O) groups excluding carboxylic acids is 2. The summed E-state index contributed by atoms with van der Waals surface area (Å²) in [5, 5.41) is 0. The Labute approximate surface area is 110 Å². The summed E-state index contributed by atoms with van der Waals surface area (Å²) in [5.41, 5.74) is 1.05. The smallest absolute Gasteiger partial charge is 0.172 e. The number of carbonyl (C=O) groups is 2. The highest BCUT2D eigenvalue weighted by Crippen LogP contribution is 2.12. The molecule has 0 saturated carbocycles. The van der Waals surface area contributed by atoms with Crippen molar-refractivity contribution in [2.24, 2.45) is 0 Å². The number of aryl methyl sites for hydroxylation is 1. The van der Waals surface area contributed by atoms with Gasteiger partial charge in [0.25, 0.3) is 0 Å². The van der Waals surface area contributed by atoms with Crippen LogP contribution in [0.2, 0.25) is 0 Å². The van der Waals surface area contributed by atoms with Gasteiger partial charge in [0.15, 0.2) is 11.6 Å². The number of nitrogens with zero attached hydrogens (tertiary/aromatic N) is 1. The molecule has 1 aromatic heterocycles. The molecule has 0 amide bonds. The molecule has 2 rings (SSSR count). The third-order valence-corrected chi connectivity index (χ3v) is 2.80. The minimum absolute atomic E-state index is 0.209. The first-order valence-corrected chi connectivity index (χ1v) is 5.80. The molecule has 0 bridgehead atoms. The number of hydrogen-bond acceptors (Lipinski definition) is 3. The van der Waals surface area contributed by atoms with Gasteiger partial charge in [-0.05, 0) is 30.7 Å². The molecule has 1 aromatic carbocycles. The predicted molar refractivity (Wildman–Crippen MR) is 68.7 cm³/mol. The van der Waals surface area contributed by atoms with Crippen LogP contribution in [0.15, 0.2) is 42.7 Å². The zero-order chi connectivity index (χ0) is 13.8. The minimum Gasteiger partial charge on any atom is -0.294 e. The molecule has 96 valence electrons. The average Bonchev–Trinajstić information content (AvgIpc) is 2.42. The normalized spacial score (nSPS) is 10.2. The monoisotopic (exact) mass is 257 g/mol. The maximum atomic E-state index is 13.4. The molecule has 0 N–H and O–H groups in total. The fourth-order valence-electron chi connectivity index (χ4n) is 1.64. The highest BCUT2D eigenvalue weighted by molar-refractivity contribution is 6.13. The summed E-state index contributed by atoms with van der Waals surface area (Å²) in [5.74, 6) is -1.16. The molecule has 0 aliphatic carbocycles. The first-order chi connectivity index (χ1) is 9.08. The highest BCUT2D eigenvalue weighted by Gasteiger charge is 2.14. The van der Waals surface area contributed by atoms with Gasteiger partial charge in [0.05, 0.1) is 6.42 Å². The van der Waals surface area contributed by atoms with Gasteiger partial charge in [-0.3, -0.25) is 14.6 Å². The number of Topliss-reactive ketones (excluding diaryl/α,β-unsaturated/α-hetero) is 2. The lowest BCUT2D eigenvalue weighted by Gasteiger charge is -2.02. The summed E-state index contributed by atoms with van der Waals surface area (Å²) in [6.07, 6.45) is 2.67. The van der Waals surface area contributed by atoms with Gasteiger partial charge in [-0.2, -0.15) is 0 Å². The first-order valence-electron chi connectivity index (χ1n) is 5.80. The summed E-state index contributed by atoms with van der Waals surface area (Å²) >= 11 is 0. The topological polar surface area (TPSA) is 47.0 Å². The number of hydrogen-bond donors (Lipinski definition) is 0. The zero-order valence-corrected chi connectivity index (χ0v) is 10.4. The number of ketones is 2. The van der Waals surface area contributed by atoms with E-state index < -0.39 is 11.6 Å². The van der Waals surface area contributed by atoms with Gasteiger partial charge in [-0.1, -0.05) is 12.1 Å². The van der Waals surface area contributed by atoms with Crippen LogP contribution in [0.5, 0.6) is 0 Å². The quantitative estimate of drug-likeness (QED) is 0.625. The van der Waals surface area contributed by atoms with Crippen LogP contribution < -0.4 is 0 Å². The van der Waals surface area contributed by atoms with Crippen molar-refractivity contribution >= 4 is 11.6 Å². The Bertz CT molecular complexity index is 623. The van der Waals surface area contributed by atoms with Gasteiger partial charge < -0.3 is 0 Å². The van der Waals surface area contributed by atoms with Crippen LogP contribution in [0.3, 0.4) is 0 Å². The second kappa shape index (κ2) is 5.52. The molecule has 0 fully saturated rings. The largest absolute Gasteiger partial charge is 0.294 e. The first kappa shape index (κ1) is 13.1. The van der Waals surface area contributed by atoms with Crippen molar-refractivity contribution in [3.05, 3.63) is 65.2 Å². The predicted octanol–water partition coefficient (Wildman–Crippen LogP) is 2.98. The Morgan fingerprint density at radius 2 is 1.89 bits per heavy atom. The molecule has 0 aliphatic heterocycles. The Kier molecular flexibility index (Phi) is 3.80. The molecule has 4 heteroatoms. The summed E-state index contributed by atoms with van der Waals surface area (Å²) < 4.78 is 13.4. The molecule has 0 unspecified atom stereocenters. The molecule has 0 radical (unpaired) electrons. The van der Waals surface area contributed by atoms with Crippen LogP contribution in [0.25, 0.3) is 0 Å². The Balaban J connectivity index is 2.13. The van der Waals surface area contributed by atoms with Gasteiger partial charge in [0, 0.05) is 23.5 Å². The molecular formula is C15H12FNO2. The van der Waals surface area contributed by atoms with E-state index in [4.69, 9.17) is 0 Å². The average molecular weight is 257 g/mol. The van der Waals surface area contributed by atoms with E-state index in [1.54, 1.807) is 25.3 Å². The minimum atomic E-state index is -0.445. The van der Waals surface area contributed by atoms with E-state index in [0.717, 1.165) is 6.07 Å². The molecule has 0 aliphatic rings. The highest BCUT2D eigenvalue weighted by atomic mass is 19.1. The molecule has 0 saturated heterocycles. The van der Waals surface area contributed by atoms with Crippen molar-refractivity contribution in [2.75, 3.05) is 0 Å². The van der Waals surface area contributed by atoms with Gasteiger partial charge in [0.1, 0.15) is 5.82 Å². The van der Waals surface area contributed by atoms with Gasteiger partial charge >= 0.3 is 0 Å². The summed E-state index contributed by atoms with van der Waals surface area (Å²) in [6.45, 7) is 1.62. The molecule has 0 atom stereocenters. The Morgan fingerprint density at radius 3 is 2.53 bits per heavy atom. The van der Waals surface area contributed by atoms with E-state index in [1.807, 2.05) is 0 Å². The lowest BCUT2D eigenvalue weighted by atomic mass is 10.0. The Hall–Kier alpha value is -2.36. The lowest BCUT2D eigenvalue weighted by molar-refractivity contribution is 0.0894. The van der Waals surface area contributed by atoms with E-state index in [0.29, 0.717) is 11.1 Å². The molecule has 19 heavy (non-hydrogen) atoms. The van der Waals surface area contributed by atoms with Crippen LogP contribution in [-0.4, -0.2) is 16.6 Å². The zero-order valence-electron chi connectivity index (χ0n) is 10.4. The van der Waals surface area contributed by atoms with Crippen LogP contribution in [0.1, 0.15) is 32.7 Å². The maximum Gasteiger partial charge on any atom is 0.172 e. The van der Waals surface area contributed by atoms with Crippen LogP contribution >= 0.6 is 0 Å². The van der Waals surface area contributed by atoms with Gasteiger partial charge in [0.2, 0.25) is 0 Å². The maximum absolute atomic E-state index is 13.4. The van der Waals surface area contributed by atoms with Gasteiger partial charge in [-0.25, -0.2) is 4.39 Å². The standard InChI is InChI=1S/C15H12FNO2/c1-10-4-5-11(7-13(10)16)14(18)8-15(19)12-3-2-6-17-9-12/h2-7,9H,8H2,1H3. The fraction of sp³-hybridized carbons (Fsp3) is 0.133. The summed E-state index contributed by atoms with van der Waals surface area (Å²) in [4.78, 5) is 27.5. The second-order valence-corrected chi connectivity index (χ2v) is 4.23. The third kappa shape index (κ3) is 3.10. The van der Waals surface area contributed by atoms with E-state index in [9.17, 15) is 14.0 Å². The van der Waals surface area contributed by atoms with E-state index in [2.05, 4.69) is 4.98 Å². The summed E-state index contributed by atoms with van der Waals surface area (Å²) in [6, 6.07) is 7.43. The van der Waals surface area contributed by atoms with E-state index in [-0.39, 0.29) is 17.8 Å². The van der Waals surface area contributed by atoms with Crippen molar-refractivity contribution in [2.45, 2.75) is 13.3 Å². The van der Waals surface area contributed by atoms with E-state index in [1.165, 1.54) is 18.3 Å². The van der Waals surface area contributed by atoms with Crippen molar-refractivity contribution in [1.29, 1.82) is 0 Å². The number of rotatable bonds is 4. The van der Waals surface area contributed by atoms with Crippen molar-refractivity contribution in [1.82, 2.24) is 4.98 Å². The molecule has 3 nitrogen and oxygen atoms in total. The molecule has 0 spiro atoms. The number of aromatic nitrogens is 1. The summed E-state index contributed by atoms with van der Waals surface area (Å²) in [7, 11) is 0. The lowest BCUT2D eigenvalue weighted by Crippen LogP contribution is -2.09. The molecule has 2 aromatic rings. The second-order valence-electron chi connectivity index (χ2n) is 4.23. The third-order valence-electron chi connectivity index (χ3n) is 2.80. The van der Waals surface area contributed by atoms with E-state index >= 15 is 0 Å². The van der Waals surface area contributed by atoms with Crippen LogP contribution in [-0.2, 0) is 0 Å². The SMILES string of the molecule is Cc1ccc(C(=O)CC(=O)c2cccnc2)cc1F. The van der Waals surface area contributed by atoms with Crippen molar-refractivity contribution < 1.29 is 14.0 Å². The number of halogens is 1. The van der Waals surface area contributed by atoms with Crippen molar-refractivity contribution in [3.63, 3.8) is 0 Å². The number of benzene rings is 1. The molecule has 1 heterocycles. The van der Waals surface area contributed by atoms with Crippen LogP contribution in [0.4, 0.5) is 4.39 Å². The molecular weight excluding hydrogens is 245 g/mol. The number of pyridine rings is 1. The van der Waals surface area contributed by atoms with Crippen molar-refractivity contribution in [3.8, 4) is 0 Å². The Morgan fingerprint density at radius 1 is 1.16 bits per heavy atom. The fourth-order valence-corrected chi connectivity index (χ4v) is 1.64.